The average Bonchev–Trinajstić information content (AvgIpc) is 3.32. The van der Waals surface area contributed by atoms with E-state index in [1.54, 1.807) is 26.8 Å². The van der Waals surface area contributed by atoms with Gasteiger partial charge in [0.15, 0.2) is 0 Å². The summed E-state index contributed by atoms with van der Waals surface area (Å²) >= 11 is 0. The molecule has 1 saturated carbocycles. The zero-order valence-corrected chi connectivity index (χ0v) is 40.8. The third-order valence-corrected chi connectivity index (χ3v) is 14.4. The number of Topliss-reactive ketones (excluding diaryl/α,β-unsaturated/α-hetero) is 2. The van der Waals surface area contributed by atoms with Gasteiger partial charge in [0.1, 0.15) is 30.1 Å². The molecule has 0 spiro atoms. The van der Waals surface area contributed by atoms with Crippen molar-refractivity contribution in [2.45, 2.75) is 160 Å². The Balaban J connectivity index is 1.47. The van der Waals surface area contributed by atoms with E-state index in [1.807, 2.05) is 26.0 Å². The number of nitro benzene ring substituents is 1. The fraction of sp³-hybridized carbons (Fsp3) is 0.667. The van der Waals surface area contributed by atoms with Crippen LogP contribution in [0.15, 0.2) is 60.2 Å². The Morgan fingerprint density at radius 3 is 2.24 bits per heavy atom. The van der Waals surface area contributed by atoms with Crippen LogP contribution in [0.3, 0.4) is 0 Å². The lowest BCUT2D eigenvalue weighted by molar-refractivity contribution is -0.384. The summed E-state index contributed by atoms with van der Waals surface area (Å²) in [5.41, 5.74) is 1.49. The number of piperidine rings is 1. The van der Waals surface area contributed by atoms with Gasteiger partial charge < -0.3 is 43.5 Å². The third kappa shape index (κ3) is 13.0. The molecule has 5 rings (SSSR count). The number of carbonyl (C=O) groups is 5. The van der Waals surface area contributed by atoms with Crippen LogP contribution in [0, 0.1) is 39.7 Å². The zero-order valence-electron chi connectivity index (χ0n) is 40.8. The number of nitrogens with zero attached hydrogens (tertiary/aromatic N) is 2. The van der Waals surface area contributed by atoms with E-state index in [1.165, 1.54) is 45.6 Å². The van der Waals surface area contributed by atoms with Crippen molar-refractivity contribution in [1.82, 2.24) is 4.90 Å². The number of rotatable bonds is 10. The summed E-state index contributed by atoms with van der Waals surface area (Å²) < 4.78 is 36.0. The Morgan fingerprint density at radius 2 is 1.60 bits per heavy atom. The molecular weight excluding hydrogens is 881 g/mol. The SMILES string of the molecule is C=CCC1C=C(C)CC(C)CC(OC)C2OC(O)(C(=O)C(=O)N3CCCCC3C(=O)OC(C(C)=CC3CCC(OC(=O)c4ccc([N+](=O)[O-])cc4)C(OC)C3)C(C)C(O)CC1=O)C(C)CC2OC. The molecule has 3 fully saturated rings. The highest BCUT2D eigenvalue weighted by Gasteiger charge is 2.56. The van der Waals surface area contributed by atoms with Gasteiger partial charge in [-0.25, -0.2) is 9.59 Å². The Morgan fingerprint density at radius 1 is 0.941 bits per heavy atom. The van der Waals surface area contributed by atoms with E-state index in [0.717, 1.165) is 10.5 Å². The van der Waals surface area contributed by atoms with E-state index in [2.05, 4.69) is 6.58 Å². The lowest BCUT2D eigenvalue weighted by atomic mass is 9.81. The van der Waals surface area contributed by atoms with Crippen LogP contribution in [0.5, 0.6) is 0 Å². The van der Waals surface area contributed by atoms with E-state index in [-0.39, 0.29) is 54.7 Å². The van der Waals surface area contributed by atoms with Crippen LogP contribution >= 0.6 is 0 Å². The number of ketones is 2. The number of hydrogen-bond acceptors (Lipinski definition) is 15. The number of fused-ring (bicyclic) bond motifs is 3. The smallest absolute Gasteiger partial charge is 0.338 e. The molecule has 17 nitrogen and oxygen atoms in total. The van der Waals surface area contributed by atoms with Crippen LogP contribution in [0.25, 0.3) is 0 Å². The number of hydrogen-bond donors (Lipinski definition) is 2. The minimum Gasteiger partial charge on any atom is -0.456 e. The van der Waals surface area contributed by atoms with E-state index in [0.29, 0.717) is 56.9 Å². The lowest BCUT2D eigenvalue weighted by Gasteiger charge is -2.47. The fourth-order valence-corrected chi connectivity index (χ4v) is 10.5. The number of methoxy groups -OCH3 is 3. The number of ether oxygens (including phenoxy) is 6. The number of non-ortho nitro benzene ring substituents is 1. The van der Waals surface area contributed by atoms with Crippen molar-refractivity contribution in [3.05, 3.63) is 75.9 Å². The van der Waals surface area contributed by atoms with Crippen molar-refractivity contribution in [2.75, 3.05) is 27.9 Å². The molecule has 17 heteroatoms. The normalized spacial score (nSPS) is 35.3. The number of carbonyl (C=O) groups excluding carboxylic acids is 5. The van der Waals surface area contributed by atoms with Crippen molar-refractivity contribution in [3.8, 4) is 0 Å². The minimum absolute atomic E-state index is 0.0271. The minimum atomic E-state index is -2.56. The van der Waals surface area contributed by atoms with Crippen LogP contribution in [0.4, 0.5) is 5.69 Å². The Labute approximate surface area is 399 Å². The summed E-state index contributed by atoms with van der Waals surface area (Å²) in [5, 5.41) is 35.1. The Kier molecular flexibility index (Phi) is 19.4. The maximum absolute atomic E-state index is 14.5. The van der Waals surface area contributed by atoms with Gasteiger partial charge in [-0.3, -0.25) is 24.5 Å². The summed E-state index contributed by atoms with van der Waals surface area (Å²) in [6, 6.07) is 3.92. The summed E-state index contributed by atoms with van der Waals surface area (Å²) in [6.45, 7) is 12.9. The van der Waals surface area contributed by atoms with E-state index < -0.39 is 101 Å². The van der Waals surface area contributed by atoms with Crippen LogP contribution in [-0.4, -0.2) is 132 Å². The number of allylic oxidation sites excluding steroid dienone is 4. The van der Waals surface area contributed by atoms with Crippen molar-refractivity contribution >= 4 is 35.1 Å². The first kappa shape index (κ1) is 54.3. The van der Waals surface area contributed by atoms with Gasteiger partial charge in [0, 0.05) is 64.2 Å². The van der Waals surface area contributed by atoms with Crippen molar-refractivity contribution < 1.29 is 67.5 Å². The van der Waals surface area contributed by atoms with Gasteiger partial charge in [0.2, 0.25) is 5.79 Å². The number of esters is 2. The number of amides is 1. The second-order valence-corrected chi connectivity index (χ2v) is 19.5. The molecule has 68 heavy (non-hydrogen) atoms. The molecule has 14 atom stereocenters. The number of cyclic esters (lactones) is 1. The first-order valence-electron chi connectivity index (χ1n) is 23.9. The molecule has 14 unspecified atom stereocenters. The number of aliphatic hydroxyl groups excluding tert-OH is 1. The van der Waals surface area contributed by atoms with Gasteiger partial charge in [-0.05, 0) is 108 Å². The maximum atomic E-state index is 14.5. The molecule has 1 aromatic carbocycles. The summed E-state index contributed by atoms with van der Waals surface area (Å²) in [4.78, 5) is 82.1. The van der Waals surface area contributed by atoms with Gasteiger partial charge in [-0.1, -0.05) is 44.6 Å². The maximum Gasteiger partial charge on any atom is 0.338 e. The molecule has 1 aliphatic carbocycles. The average molecular weight is 953 g/mol. The molecule has 3 heterocycles. The van der Waals surface area contributed by atoms with E-state index in [9.17, 15) is 44.3 Å². The zero-order chi connectivity index (χ0) is 50.0. The summed E-state index contributed by atoms with van der Waals surface area (Å²) in [5.74, 6) is -9.01. The van der Waals surface area contributed by atoms with Crippen molar-refractivity contribution in [2.24, 2.45) is 29.6 Å². The molecular formula is C51H72N2O15. The molecule has 0 radical (unpaired) electrons. The predicted octanol–water partition coefficient (Wildman–Crippen LogP) is 6.41. The molecule has 2 N–H and O–H groups in total. The Hall–Kier alpha value is -4.65. The van der Waals surface area contributed by atoms with Crippen molar-refractivity contribution in [3.63, 3.8) is 0 Å². The van der Waals surface area contributed by atoms with Crippen LogP contribution in [0.1, 0.15) is 116 Å². The quantitative estimate of drug-likeness (QED) is 0.0849. The highest BCUT2D eigenvalue weighted by molar-refractivity contribution is 6.39. The Bertz CT molecular complexity index is 2040. The third-order valence-electron chi connectivity index (χ3n) is 14.4. The van der Waals surface area contributed by atoms with Gasteiger partial charge in [0.05, 0.1) is 34.9 Å². The van der Waals surface area contributed by atoms with Crippen LogP contribution < -0.4 is 0 Å². The van der Waals surface area contributed by atoms with Gasteiger partial charge in [0.25, 0.3) is 17.4 Å². The highest BCUT2D eigenvalue weighted by atomic mass is 16.7. The highest BCUT2D eigenvalue weighted by Crippen LogP contribution is 2.39. The van der Waals surface area contributed by atoms with Crippen LogP contribution in [0.2, 0.25) is 0 Å². The predicted molar refractivity (Wildman–Crippen MR) is 249 cm³/mol. The number of aliphatic hydroxyl groups is 2. The molecule has 2 saturated heterocycles. The first-order valence-corrected chi connectivity index (χ1v) is 23.9. The standard InChI is InChI=1S/C51H72N2O15/c1-10-13-36-23-29(2)22-30(3)24-43(64-8)46-44(65-9)26-32(5)51(60,68-46)47(56)48(57)52-21-12-11-14-38(52)50(59)67-45(33(6)39(54)28-40(36)55)31(4)25-34-15-20-41(42(27-34)63-7)66-49(58)35-16-18-37(19-17-35)53(61)62/h10,16-19,23,25,30,32-34,36,38-39,41-46,54,60H,1,11-15,20-22,24,26-28H2,2-9H3. The monoisotopic (exact) mass is 952 g/mol. The second-order valence-electron chi connectivity index (χ2n) is 19.5. The van der Waals surface area contributed by atoms with Gasteiger partial charge >= 0.3 is 11.9 Å². The lowest BCUT2D eigenvalue weighted by Crippen LogP contribution is -2.64. The number of nitro groups is 1. The molecule has 4 aliphatic rings. The van der Waals surface area contributed by atoms with E-state index >= 15 is 0 Å². The summed E-state index contributed by atoms with van der Waals surface area (Å²) in [6.07, 6.45) is 3.58. The largest absolute Gasteiger partial charge is 0.456 e. The van der Waals surface area contributed by atoms with Gasteiger partial charge in [-0.2, -0.15) is 0 Å². The molecule has 1 amide bonds. The number of benzene rings is 1. The molecule has 376 valence electrons. The molecule has 1 aromatic rings. The molecule has 2 bridgehead atoms. The van der Waals surface area contributed by atoms with E-state index in [4.69, 9.17) is 28.4 Å². The topological polar surface area (TPSA) is 228 Å². The van der Waals surface area contributed by atoms with Crippen molar-refractivity contribution in [1.29, 1.82) is 0 Å². The first-order chi connectivity index (χ1) is 32.3. The second kappa shape index (κ2) is 24.3. The van der Waals surface area contributed by atoms with Gasteiger partial charge in [-0.15, -0.1) is 6.58 Å². The summed E-state index contributed by atoms with van der Waals surface area (Å²) in [7, 11) is 4.53. The molecule has 0 aromatic heterocycles. The fourth-order valence-electron chi connectivity index (χ4n) is 10.5. The molecule has 3 aliphatic heterocycles. The van der Waals surface area contributed by atoms with Crippen LogP contribution in [-0.2, 0) is 47.6 Å².